The normalized spacial score (nSPS) is 16.0. The van der Waals surface area contributed by atoms with Gasteiger partial charge in [0.05, 0.1) is 38.9 Å². The summed E-state index contributed by atoms with van der Waals surface area (Å²) in [6, 6.07) is 6.62. The standard InChI is InChI=1S/C19H17Cl2NO3/c1-4-25-16-12(21)8-7-11(20)13(16)14-15(23)10-6-5-9-22-17(10)19(2,3)18(14)24/h5-9,23H,4H2,1-3H3. The molecule has 0 aliphatic heterocycles. The summed E-state index contributed by atoms with van der Waals surface area (Å²) >= 11 is 12.6. The van der Waals surface area contributed by atoms with Crippen molar-refractivity contribution in [2.45, 2.75) is 26.2 Å². The Bertz CT molecular complexity index is 904. The number of carbonyl (C=O) groups excluding carboxylic acids is 1. The van der Waals surface area contributed by atoms with Crippen LogP contribution in [0, 0.1) is 0 Å². The summed E-state index contributed by atoms with van der Waals surface area (Å²) in [4.78, 5) is 17.5. The molecule has 3 rings (SSSR count). The average molecular weight is 378 g/mol. The first-order valence-electron chi connectivity index (χ1n) is 7.85. The van der Waals surface area contributed by atoms with Gasteiger partial charge < -0.3 is 9.84 Å². The van der Waals surface area contributed by atoms with Gasteiger partial charge in [-0.1, -0.05) is 23.2 Å². The maximum atomic E-state index is 13.2. The van der Waals surface area contributed by atoms with Gasteiger partial charge in [0, 0.05) is 11.8 Å². The molecule has 1 aromatic carbocycles. The number of rotatable bonds is 3. The highest BCUT2D eigenvalue weighted by Gasteiger charge is 2.43. The number of nitrogens with zero attached hydrogens (tertiary/aromatic N) is 1. The highest BCUT2D eigenvalue weighted by atomic mass is 35.5. The summed E-state index contributed by atoms with van der Waals surface area (Å²) in [5, 5.41) is 11.5. The van der Waals surface area contributed by atoms with Crippen molar-refractivity contribution in [3.8, 4) is 5.75 Å². The van der Waals surface area contributed by atoms with Crippen LogP contribution in [-0.2, 0) is 10.2 Å². The van der Waals surface area contributed by atoms with E-state index in [2.05, 4.69) is 4.98 Å². The summed E-state index contributed by atoms with van der Waals surface area (Å²) in [5.41, 5.74) is 0.508. The van der Waals surface area contributed by atoms with Crippen molar-refractivity contribution in [1.29, 1.82) is 0 Å². The molecule has 130 valence electrons. The Labute approximate surface area is 156 Å². The molecule has 1 aliphatic rings. The number of hydrogen-bond donors (Lipinski definition) is 1. The van der Waals surface area contributed by atoms with Gasteiger partial charge in [-0.25, -0.2) is 0 Å². The van der Waals surface area contributed by atoms with Crippen LogP contribution in [0.4, 0.5) is 0 Å². The molecule has 0 amide bonds. The second-order valence-electron chi connectivity index (χ2n) is 6.24. The van der Waals surface area contributed by atoms with Crippen LogP contribution in [0.15, 0.2) is 30.5 Å². The molecule has 0 radical (unpaired) electrons. The van der Waals surface area contributed by atoms with E-state index < -0.39 is 5.41 Å². The van der Waals surface area contributed by atoms with Crippen molar-refractivity contribution >= 4 is 40.3 Å². The molecule has 2 aromatic rings. The third-order valence-electron chi connectivity index (χ3n) is 4.28. The summed E-state index contributed by atoms with van der Waals surface area (Å²) in [7, 11) is 0. The minimum atomic E-state index is -0.923. The van der Waals surface area contributed by atoms with E-state index in [1.165, 1.54) is 0 Å². The molecule has 4 nitrogen and oxygen atoms in total. The molecule has 0 saturated carbocycles. The largest absolute Gasteiger partial charge is 0.506 e. The first-order chi connectivity index (χ1) is 11.8. The monoisotopic (exact) mass is 377 g/mol. The molecular formula is C19H17Cl2NO3. The van der Waals surface area contributed by atoms with Crippen molar-refractivity contribution in [1.82, 2.24) is 4.98 Å². The number of aliphatic hydroxyl groups is 1. The zero-order valence-electron chi connectivity index (χ0n) is 14.1. The molecule has 0 unspecified atom stereocenters. The second kappa shape index (κ2) is 6.36. The highest BCUT2D eigenvalue weighted by molar-refractivity contribution is 6.41. The van der Waals surface area contributed by atoms with Crippen molar-refractivity contribution in [3.63, 3.8) is 0 Å². The van der Waals surface area contributed by atoms with Gasteiger partial charge in [-0.2, -0.15) is 0 Å². The Morgan fingerprint density at radius 2 is 1.88 bits per heavy atom. The molecule has 0 fully saturated rings. The van der Waals surface area contributed by atoms with Crippen LogP contribution in [0.3, 0.4) is 0 Å². The molecule has 1 aliphatic carbocycles. The number of ether oxygens (including phenoxy) is 1. The fourth-order valence-corrected chi connectivity index (χ4v) is 3.50. The Hall–Kier alpha value is -2.04. The number of carbonyl (C=O) groups is 1. The minimum absolute atomic E-state index is 0.0986. The fourth-order valence-electron chi connectivity index (χ4n) is 3.04. The van der Waals surface area contributed by atoms with Crippen LogP contribution in [0.2, 0.25) is 10.0 Å². The van der Waals surface area contributed by atoms with Crippen LogP contribution in [0.1, 0.15) is 37.6 Å². The number of fused-ring (bicyclic) bond motifs is 1. The highest BCUT2D eigenvalue weighted by Crippen LogP contribution is 2.47. The summed E-state index contributed by atoms with van der Waals surface area (Å²) in [6.45, 7) is 5.69. The van der Waals surface area contributed by atoms with Crippen LogP contribution >= 0.6 is 23.2 Å². The molecule has 6 heteroatoms. The van der Waals surface area contributed by atoms with E-state index in [0.29, 0.717) is 28.5 Å². The first-order valence-corrected chi connectivity index (χ1v) is 8.61. The van der Waals surface area contributed by atoms with E-state index in [4.69, 9.17) is 27.9 Å². The van der Waals surface area contributed by atoms with E-state index in [0.717, 1.165) is 0 Å². The predicted molar refractivity (Wildman–Crippen MR) is 99.3 cm³/mol. The fraction of sp³-hybridized carbons (Fsp3) is 0.263. The van der Waals surface area contributed by atoms with Crippen LogP contribution in [0.25, 0.3) is 11.3 Å². The van der Waals surface area contributed by atoms with Crippen LogP contribution < -0.4 is 4.74 Å². The molecule has 1 aromatic heterocycles. The molecule has 0 bridgehead atoms. The van der Waals surface area contributed by atoms with Gasteiger partial charge in [-0.05, 0) is 45.0 Å². The lowest BCUT2D eigenvalue weighted by Gasteiger charge is -2.32. The first kappa shape index (κ1) is 17.8. The van der Waals surface area contributed by atoms with E-state index in [1.54, 1.807) is 51.2 Å². The summed E-state index contributed by atoms with van der Waals surface area (Å²) in [6.07, 6.45) is 1.60. The number of allylic oxidation sites excluding steroid dienone is 1. The smallest absolute Gasteiger partial charge is 0.178 e. The third kappa shape index (κ3) is 2.70. The molecule has 0 spiro atoms. The van der Waals surface area contributed by atoms with Crippen LogP contribution in [-0.4, -0.2) is 22.5 Å². The quantitative estimate of drug-likeness (QED) is 0.810. The van der Waals surface area contributed by atoms with Gasteiger partial charge in [0.1, 0.15) is 11.5 Å². The zero-order chi connectivity index (χ0) is 18.4. The number of halogens is 2. The van der Waals surface area contributed by atoms with E-state index in [9.17, 15) is 9.90 Å². The molecule has 0 atom stereocenters. The lowest BCUT2D eigenvalue weighted by atomic mass is 9.72. The van der Waals surface area contributed by atoms with Crippen molar-refractivity contribution < 1.29 is 14.6 Å². The van der Waals surface area contributed by atoms with Gasteiger partial charge in [-0.3, -0.25) is 9.78 Å². The second-order valence-corrected chi connectivity index (χ2v) is 7.06. The van der Waals surface area contributed by atoms with Gasteiger partial charge in [0.15, 0.2) is 5.78 Å². The number of aliphatic hydroxyl groups excluding tert-OH is 1. The van der Waals surface area contributed by atoms with Crippen LogP contribution in [0.5, 0.6) is 5.75 Å². The summed E-state index contributed by atoms with van der Waals surface area (Å²) in [5.74, 6) is -0.173. The van der Waals surface area contributed by atoms with Crippen molar-refractivity contribution in [3.05, 3.63) is 57.3 Å². The maximum Gasteiger partial charge on any atom is 0.178 e. The zero-order valence-corrected chi connectivity index (χ0v) is 15.6. The lowest BCUT2D eigenvalue weighted by molar-refractivity contribution is -0.118. The predicted octanol–water partition coefficient (Wildman–Crippen LogP) is 5.07. The molecule has 1 heterocycles. The van der Waals surface area contributed by atoms with E-state index >= 15 is 0 Å². The number of ketones is 1. The van der Waals surface area contributed by atoms with Gasteiger partial charge in [-0.15, -0.1) is 0 Å². The van der Waals surface area contributed by atoms with Gasteiger partial charge in [0.25, 0.3) is 0 Å². The number of aromatic nitrogens is 1. The minimum Gasteiger partial charge on any atom is -0.506 e. The number of pyridine rings is 1. The van der Waals surface area contributed by atoms with Crippen molar-refractivity contribution in [2.75, 3.05) is 6.61 Å². The van der Waals surface area contributed by atoms with Crippen molar-refractivity contribution in [2.24, 2.45) is 0 Å². The molecular weight excluding hydrogens is 361 g/mol. The summed E-state index contributed by atoms with van der Waals surface area (Å²) < 4.78 is 5.63. The van der Waals surface area contributed by atoms with Gasteiger partial charge in [0.2, 0.25) is 0 Å². The average Bonchev–Trinajstić information content (AvgIpc) is 2.59. The lowest BCUT2D eigenvalue weighted by Crippen LogP contribution is -2.36. The number of benzene rings is 1. The molecule has 25 heavy (non-hydrogen) atoms. The topological polar surface area (TPSA) is 59.4 Å². The SMILES string of the molecule is CCOc1c(Cl)ccc(Cl)c1C1=C(O)c2cccnc2C(C)(C)C1=O. The maximum absolute atomic E-state index is 13.2. The van der Waals surface area contributed by atoms with E-state index in [1.807, 2.05) is 0 Å². The Balaban J connectivity index is 2.39. The van der Waals surface area contributed by atoms with E-state index in [-0.39, 0.29) is 27.9 Å². The third-order valence-corrected chi connectivity index (χ3v) is 4.90. The molecule has 0 saturated heterocycles. The number of hydrogen-bond acceptors (Lipinski definition) is 4. The van der Waals surface area contributed by atoms with Gasteiger partial charge >= 0.3 is 0 Å². The number of Topliss-reactive ketones (excluding diaryl/α,β-unsaturated/α-hetero) is 1. The molecule has 1 N–H and O–H groups in total. The Morgan fingerprint density at radius 1 is 1.20 bits per heavy atom. The Morgan fingerprint density at radius 3 is 2.56 bits per heavy atom. The Kier molecular flexibility index (Phi) is 4.52.